The molecule has 0 bridgehead atoms. The number of carbonyl (C=O) groups is 2. The first-order valence-electron chi connectivity index (χ1n) is 6.89. The molecule has 0 N–H and O–H groups in total. The summed E-state index contributed by atoms with van der Waals surface area (Å²) in [7, 11) is 4.09. The summed E-state index contributed by atoms with van der Waals surface area (Å²) in [5, 5.41) is 0. The summed E-state index contributed by atoms with van der Waals surface area (Å²) in [6.07, 6.45) is 8.86. The molecule has 0 saturated heterocycles. The van der Waals surface area contributed by atoms with Gasteiger partial charge in [-0.1, -0.05) is 24.3 Å². The van der Waals surface area contributed by atoms with Crippen molar-refractivity contribution in [2.75, 3.05) is 21.3 Å². The molecule has 0 unspecified atom stereocenters. The SMILES string of the molecule is COC(=O)c1cn2c(OC)cc3c2c(c1C(=O)OC)C=CC=C3. The van der Waals surface area contributed by atoms with Crippen LogP contribution in [0.2, 0.25) is 0 Å². The van der Waals surface area contributed by atoms with Crippen LogP contribution in [0.5, 0.6) is 5.88 Å². The topological polar surface area (TPSA) is 66.2 Å². The van der Waals surface area contributed by atoms with Crippen molar-refractivity contribution in [2.24, 2.45) is 0 Å². The molecule has 2 heterocycles. The van der Waals surface area contributed by atoms with E-state index in [9.17, 15) is 9.59 Å². The van der Waals surface area contributed by atoms with Gasteiger partial charge in [0.2, 0.25) is 0 Å². The number of allylic oxidation sites excluding steroid dienone is 2. The molecular weight excluding hydrogens is 298 g/mol. The number of nitrogens with zero attached hydrogens (tertiary/aromatic N) is 1. The Bertz CT molecular complexity index is 873. The Morgan fingerprint density at radius 1 is 1.00 bits per heavy atom. The van der Waals surface area contributed by atoms with Gasteiger partial charge < -0.3 is 14.2 Å². The number of carbonyl (C=O) groups excluding carboxylic acids is 2. The number of aromatic nitrogens is 1. The predicted molar refractivity (Wildman–Crippen MR) is 84.7 cm³/mol. The van der Waals surface area contributed by atoms with Crippen LogP contribution in [0.25, 0.3) is 17.7 Å². The van der Waals surface area contributed by atoms with Crippen LogP contribution in [-0.2, 0) is 9.47 Å². The molecule has 0 fully saturated rings. The Labute approximate surface area is 132 Å². The third-order valence-electron chi connectivity index (χ3n) is 3.74. The Kier molecular flexibility index (Phi) is 3.65. The average Bonchev–Trinajstić information content (AvgIpc) is 2.80. The lowest BCUT2D eigenvalue weighted by Crippen LogP contribution is -2.15. The van der Waals surface area contributed by atoms with Gasteiger partial charge in [0.1, 0.15) is 0 Å². The number of hydrogen-bond donors (Lipinski definition) is 0. The molecule has 0 aliphatic heterocycles. The smallest absolute Gasteiger partial charge is 0.340 e. The minimum Gasteiger partial charge on any atom is -0.482 e. The first kappa shape index (κ1) is 14.9. The summed E-state index contributed by atoms with van der Waals surface area (Å²) in [6.45, 7) is 0. The van der Waals surface area contributed by atoms with Crippen molar-refractivity contribution in [3.63, 3.8) is 0 Å². The summed E-state index contributed by atoms with van der Waals surface area (Å²) >= 11 is 0. The summed E-state index contributed by atoms with van der Waals surface area (Å²) in [5.41, 5.74) is 2.52. The van der Waals surface area contributed by atoms with Crippen LogP contribution in [0.1, 0.15) is 31.8 Å². The number of methoxy groups -OCH3 is 3. The van der Waals surface area contributed by atoms with Gasteiger partial charge in [0.15, 0.2) is 5.88 Å². The number of esters is 2. The first-order valence-corrected chi connectivity index (χ1v) is 6.89. The fraction of sp³-hybridized carbons (Fsp3) is 0.176. The van der Waals surface area contributed by atoms with Crippen LogP contribution >= 0.6 is 0 Å². The van der Waals surface area contributed by atoms with Crippen molar-refractivity contribution in [1.82, 2.24) is 4.40 Å². The standard InChI is InChI=1S/C17H15NO5/c1-21-13-8-10-6-4-5-7-11-14(17(20)23-3)12(16(19)22-2)9-18(13)15(10)11/h4-9H,1-3H3. The molecule has 0 saturated carbocycles. The Morgan fingerprint density at radius 2 is 1.70 bits per heavy atom. The van der Waals surface area contributed by atoms with E-state index in [-0.39, 0.29) is 11.1 Å². The van der Waals surface area contributed by atoms with Gasteiger partial charge in [-0.2, -0.15) is 0 Å². The van der Waals surface area contributed by atoms with Crippen LogP contribution in [0.3, 0.4) is 0 Å². The van der Waals surface area contributed by atoms with E-state index in [0.29, 0.717) is 11.4 Å². The maximum atomic E-state index is 12.3. The van der Waals surface area contributed by atoms with Crippen molar-refractivity contribution in [2.45, 2.75) is 0 Å². The lowest BCUT2D eigenvalue weighted by Gasteiger charge is -2.13. The molecule has 6 nitrogen and oxygen atoms in total. The Balaban J connectivity index is 2.49. The summed E-state index contributed by atoms with van der Waals surface area (Å²) in [5.74, 6) is -0.662. The van der Waals surface area contributed by atoms with Gasteiger partial charge in [-0.05, 0) is 0 Å². The van der Waals surface area contributed by atoms with Gasteiger partial charge in [0.25, 0.3) is 0 Å². The van der Waals surface area contributed by atoms with Gasteiger partial charge in [-0.3, -0.25) is 4.40 Å². The van der Waals surface area contributed by atoms with Crippen LogP contribution < -0.4 is 4.74 Å². The van der Waals surface area contributed by atoms with E-state index in [0.717, 1.165) is 11.1 Å². The highest BCUT2D eigenvalue weighted by Crippen LogP contribution is 2.33. The van der Waals surface area contributed by atoms with Crippen molar-refractivity contribution in [1.29, 1.82) is 0 Å². The van der Waals surface area contributed by atoms with Gasteiger partial charge >= 0.3 is 11.9 Å². The predicted octanol–water partition coefficient (Wildman–Crippen LogP) is 2.56. The first-order chi connectivity index (χ1) is 11.1. The third kappa shape index (κ3) is 2.19. The zero-order chi connectivity index (χ0) is 16.6. The molecule has 2 aromatic rings. The molecule has 1 aliphatic carbocycles. The molecule has 3 rings (SSSR count). The van der Waals surface area contributed by atoms with Crippen LogP contribution in [0, 0.1) is 0 Å². The fourth-order valence-corrected chi connectivity index (χ4v) is 2.74. The lowest BCUT2D eigenvalue weighted by atomic mass is 10.0. The summed E-state index contributed by atoms with van der Waals surface area (Å²) < 4.78 is 16.8. The molecule has 23 heavy (non-hydrogen) atoms. The second-order valence-electron chi connectivity index (χ2n) is 4.89. The van der Waals surface area contributed by atoms with Gasteiger partial charge in [-0.25, -0.2) is 9.59 Å². The van der Waals surface area contributed by atoms with E-state index in [2.05, 4.69) is 0 Å². The van der Waals surface area contributed by atoms with Gasteiger partial charge in [-0.15, -0.1) is 0 Å². The highest BCUT2D eigenvalue weighted by atomic mass is 16.5. The molecule has 6 heteroatoms. The maximum Gasteiger partial charge on any atom is 0.340 e. The van der Waals surface area contributed by atoms with Crippen LogP contribution in [0.15, 0.2) is 24.4 Å². The third-order valence-corrected chi connectivity index (χ3v) is 3.74. The quantitative estimate of drug-likeness (QED) is 0.815. The zero-order valence-corrected chi connectivity index (χ0v) is 13.0. The highest BCUT2D eigenvalue weighted by molar-refractivity contribution is 6.08. The molecule has 118 valence electrons. The number of rotatable bonds is 3. The molecule has 0 atom stereocenters. The molecule has 0 amide bonds. The zero-order valence-electron chi connectivity index (χ0n) is 13.0. The van der Waals surface area contributed by atoms with Gasteiger partial charge in [0.05, 0.1) is 38.0 Å². The van der Waals surface area contributed by atoms with E-state index in [1.165, 1.54) is 20.4 Å². The molecular formula is C17H15NO5. The second-order valence-corrected chi connectivity index (χ2v) is 4.89. The normalized spacial score (nSPS) is 12.1. The number of hydrogen-bond acceptors (Lipinski definition) is 5. The molecule has 2 aromatic heterocycles. The van der Waals surface area contributed by atoms with Crippen LogP contribution in [0.4, 0.5) is 0 Å². The summed E-state index contributed by atoms with van der Waals surface area (Å²) in [6, 6.07) is 1.84. The molecule has 0 aromatic carbocycles. The van der Waals surface area contributed by atoms with E-state index in [1.807, 2.05) is 18.2 Å². The minimum atomic E-state index is -0.619. The van der Waals surface area contributed by atoms with E-state index < -0.39 is 11.9 Å². The Hall–Kier alpha value is -3.02. The number of pyridine rings is 1. The monoisotopic (exact) mass is 313 g/mol. The van der Waals surface area contributed by atoms with E-state index in [1.54, 1.807) is 23.7 Å². The average molecular weight is 313 g/mol. The van der Waals surface area contributed by atoms with Crippen LogP contribution in [-0.4, -0.2) is 37.7 Å². The van der Waals surface area contributed by atoms with Crippen molar-refractivity contribution < 1.29 is 23.8 Å². The largest absolute Gasteiger partial charge is 0.482 e. The van der Waals surface area contributed by atoms with Crippen molar-refractivity contribution in [3.05, 3.63) is 46.7 Å². The summed E-state index contributed by atoms with van der Waals surface area (Å²) in [4.78, 5) is 24.4. The Morgan fingerprint density at radius 3 is 2.35 bits per heavy atom. The molecule has 0 radical (unpaired) electrons. The van der Waals surface area contributed by atoms with Gasteiger partial charge in [0, 0.05) is 23.4 Å². The molecule has 1 aliphatic rings. The van der Waals surface area contributed by atoms with E-state index >= 15 is 0 Å². The lowest BCUT2D eigenvalue weighted by molar-refractivity contribution is 0.0554. The fourth-order valence-electron chi connectivity index (χ4n) is 2.74. The van der Waals surface area contributed by atoms with Crippen molar-refractivity contribution >= 4 is 29.6 Å². The maximum absolute atomic E-state index is 12.3. The molecule has 0 spiro atoms. The van der Waals surface area contributed by atoms with Crippen molar-refractivity contribution in [3.8, 4) is 5.88 Å². The highest BCUT2D eigenvalue weighted by Gasteiger charge is 2.27. The number of ether oxygens (including phenoxy) is 3. The second kappa shape index (κ2) is 5.64. The minimum absolute atomic E-state index is 0.119. The van der Waals surface area contributed by atoms with E-state index in [4.69, 9.17) is 14.2 Å².